The number of rotatable bonds is 6. The van der Waals surface area contributed by atoms with E-state index in [1.165, 1.54) is 0 Å². The Morgan fingerprint density at radius 1 is 1.27 bits per heavy atom. The first-order valence-electron chi connectivity index (χ1n) is 5.28. The lowest BCUT2D eigenvalue weighted by atomic mass is 10.1. The number of ether oxygens (including phenoxy) is 2. The Kier molecular flexibility index (Phi) is 5.15. The fourth-order valence-electron chi connectivity index (χ4n) is 1.28. The molecule has 0 aliphatic heterocycles. The molecule has 0 fully saturated rings. The molecular formula is C12H19NO2. The molecule has 2 N–H and O–H groups in total. The molecule has 3 heteroatoms. The average molecular weight is 209 g/mol. The summed E-state index contributed by atoms with van der Waals surface area (Å²) >= 11 is 0. The molecule has 0 aromatic heterocycles. The Balaban J connectivity index is 2.51. The Hall–Kier alpha value is -1.06. The van der Waals surface area contributed by atoms with Crippen LogP contribution < -0.4 is 10.5 Å². The molecule has 0 bridgehead atoms. The van der Waals surface area contributed by atoms with Gasteiger partial charge in [0.1, 0.15) is 12.4 Å². The standard InChI is InChI=1S/C12H19NO2/c1-3-14-6-7-15-12-8-11(9-13)5-4-10(12)2/h4-5,8H,3,6-7,9,13H2,1-2H3. The van der Waals surface area contributed by atoms with Crippen molar-refractivity contribution in [1.29, 1.82) is 0 Å². The third kappa shape index (κ3) is 3.90. The molecular weight excluding hydrogens is 190 g/mol. The van der Waals surface area contributed by atoms with Gasteiger partial charge in [-0.3, -0.25) is 0 Å². The molecule has 0 saturated carbocycles. The quantitative estimate of drug-likeness (QED) is 0.727. The molecule has 0 radical (unpaired) electrons. The number of aryl methyl sites for hydroxylation is 1. The van der Waals surface area contributed by atoms with Crippen LogP contribution >= 0.6 is 0 Å². The van der Waals surface area contributed by atoms with Crippen molar-refractivity contribution in [1.82, 2.24) is 0 Å². The Morgan fingerprint density at radius 2 is 2.07 bits per heavy atom. The van der Waals surface area contributed by atoms with Crippen molar-refractivity contribution in [2.24, 2.45) is 5.73 Å². The maximum atomic E-state index is 5.60. The largest absolute Gasteiger partial charge is 0.491 e. The zero-order valence-corrected chi connectivity index (χ0v) is 9.45. The van der Waals surface area contributed by atoms with E-state index in [9.17, 15) is 0 Å². The average Bonchev–Trinajstić information content (AvgIpc) is 2.26. The van der Waals surface area contributed by atoms with Crippen LogP contribution in [0.1, 0.15) is 18.1 Å². The molecule has 0 unspecified atom stereocenters. The van der Waals surface area contributed by atoms with Crippen LogP contribution in [0.2, 0.25) is 0 Å². The molecule has 0 aliphatic rings. The Morgan fingerprint density at radius 3 is 2.73 bits per heavy atom. The summed E-state index contributed by atoms with van der Waals surface area (Å²) < 4.78 is 10.8. The van der Waals surface area contributed by atoms with E-state index >= 15 is 0 Å². The van der Waals surface area contributed by atoms with Gasteiger partial charge in [0, 0.05) is 13.2 Å². The van der Waals surface area contributed by atoms with Crippen LogP contribution in [0.3, 0.4) is 0 Å². The molecule has 0 saturated heterocycles. The highest BCUT2D eigenvalue weighted by Crippen LogP contribution is 2.19. The van der Waals surface area contributed by atoms with Gasteiger partial charge in [-0.2, -0.15) is 0 Å². The van der Waals surface area contributed by atoms with Crippen molar-refractivity contribution in [2.45, 2.75) is 20.4 Å². The van der Waals surface area contributed by atoms with E-state index in [-0.39, 0.29) is 0 Å². The highest BCUT2D eigenvalue weighted by molar-refractivity contribution is 5.36. The van der Waals surface area contributed by atoms with E-state index in [0.717, 1.165) is 23.5 Å². The van der Waals surface area contributed by atoms with Crippen molar-refractivity contribution in [3.63, 3.8) is 0 Å². The van der Waals surface area contributed by atoms with E-state index in [0.29, 0.717) is 19.8 Å². The molecule has 1 aromatic rings. The smallest absolute Gasteiger partial charge is 0.122 e. The summed E-state index contributed by atoms with van der Waals surface area (Å²) in [5.74, 6) is 0.901. The SMILES string of the molecule is CCOCCOc1cc(CN)ccc1C. The minimum atomic E-state index is 0.544. The molecule has 0 heterocycles. The molecule has 0 aliphatic carbocycles. The lowest BCUT2D eigenvalue weighted by Gasteiger charge is -2.10. The van der Waals surface area contributed by atoms with Gasteiger partial charge in [0.05, 0.1) is 6.61 Å². The van der Waals surface area contributed by atoms with Crippen LogP contribution in [-0.2, 0) is 11.3 Å². The van der Waals surface area contributed by atoms with E-state index in [4.69, 9.17) is 15.2 Å². The van der Waals surface area contributed by atoms with Gasteiger partial charge >= 0.3 is 0 Å². The predicted molar refractivity (Wildman–Crippen MR) is 61.1 cm³/mol. The molecule has 0 amide bonds. The Bertz CT molecular complexity index is 300. The van der Waals surface area contributed by atoms with Crippen LogP contribution in [0, 0.1) is 6.92 Å². The van der Waals surface area contributed by atoms with Gasteiger partial charge in [-0.1, -0.05) is 12.1 Å². The van der Waals surface area contributed by atoms with Crippen LogP contribution in [-0.4, -0.2) is 19.8 Å². The van der Waals surface area contributed by atoms with Crippen LogP contribution in [0.15, 0.2) is 18.2 Å². The fraction of sp³-hybridized carbons (Fsp3) is 0.500. The van der Waals surface area contributed by atoms with Crippen LogP contribution in [0.25, 0.3) is 0 Å². The van der Waals surface area contributed by atoms with Crippen molar-refractivity contribution in [3.05, 3.63) is 29.3 Å². The van der Waals surface area contributed by atoms with E-state index in [1.807, 2.05) is 32.0 Å². The second-order valence-corrected chi connectivity index (χ2v) is 3.35. The second-order valence-electron chi connectivity index (χ2n) is 3.35. The van der Waals surface area contributed by atoms with Crippen molar-refractivity contribution in [2.75, 3.05) is 19.8 Å². The zero-order chi connectivity index (χ0) is 11.1. The molecule has 1 aromatic carbocycles. The van der Waals surface area contributed by atoms with Crippen molar-refractivity contribution < 1.29 is 9.47 Å². The Labute approximate surface area is 91.2 Å². The van der Waals surface area contributed by atoms with E-state index in [2.05, 4.69) is 0 Å². The van der Waals surface area contributed by atoms with Crippen molar-refractivity contribution >= 4 is 0 Å². The first-order valence-corrected chi connectivity index (χ1v) is 5.28. The monoisotopic (exact) mass is 209 g/mol. The second kappa shape index (κ2) is 6.43. The number of hydrogen-bond acceptors (Lipinski definition) is 3. The molecule has 84 valence electrons. The molecule has 0 atom stereocenters. The topological polar surface area (TPSA) is 44.5 Å². The maximum Gasteiger partial charge on any atom is 0.122 e. The van der Waals surface area contributed by atoms with Crippen LogP contribution in [0.4, 0.5) is 0 Å². The highest BCUT2D eigenvalue weighted by atomic mass is 16.5. The normalized spacial score (nSPS) is 10.3. The minimum Gasteiger partial charge on any atom is -0.491 e. The van der Waals surface area contributed by atoms with Gasteiger partial charge in [0.25, 0.3) is 0 Å². The predicted octanol–water partition coefficient (Wildman–Crippen LogP) is 1.87. The summed E-state index contributed by atoms with van der Waals surface area (Å²) in [4.78, 5) is 0. The minimum absolute atomic E-state index is 0.544. The third-order valence-corrected chi connectivity index (χ3v) is 2.18. The zero-order valence-electron chi connectivity index (χ0n) is 9.45. The summed E-state index contributed by atoms with van der Waals surface area (Å²) in [7, 11) is 0. The van der Waals surface area contributed by atoms with Gasteiger partial charge in [-0.25, -0.2) is 0 Å². The van der Waals surface area contributed by atoms with E-state index < -0.39 is 0 Å². The number of hydrogen-bond donors (Lipinski definition) is 1. The molecule has 1 rings (SSSR count). The maximum absolute atomic E-state index is 5.60. The lowest BCUT2D eigenvalue weighted by molar-refractivity contribution is 0.110. The molecule has 0 spiro atoms. The molecule has 3 nitrogen and oxygen atoms in total. The summed E-state index contributed by atoms with van der Waals surface area (Å²) in [6.07, 6.45) is 0. The van der Waals surface area contributed by atoms with Gasteiger partial charge < -0.3 is 15.2 Å². The van der Waals surface area contributed by atoms with Crippen molar-refractivity contribution in [3.8, 4) is 5.75 Å². The van der Waals surface area contributed by atoms with Gasteiger partial charge in [0.2, 0.25) is 0 Å². The third-order valence-electron chi connectivity index (χ3n) is 2.18. The summed E-state index contributed by atoms with van der Waals surface area (Å²) in [5.41, 5.74) is 7.78. The summed E-state index contributed by atoms with van der Waals surface area (Å²) in [5, 5.41) is 0. The first kappa shape index (κ1) is 12.0. The number of benzene rings is 1. The van der Waals surface area contributed by atoms with Crippen LogP contribution in [0.5, 0.6) is 5.75 Å². The lowest BCUT2D eigenvalue weighted by Crippen LogP contribution is -2.07. The fourth-order valence-corrected chi connectivity index (χ4v) is 1.28. The summed E-state index contributed by atoms with van der Waals surface area (Å²) in [6, 6.07) is 6.03. The van der Waals surface area contributed by atoms with Gasteiger partial charge in [-0.15, -0.1) is 0 Å². The van der Waals surface area contributed by atoms with Gasteiger partial charge in [-0.05, 0) is 31.0 Å². The highest BCUT2D eigenvalue weighted by Gasteiger charge is 2.00. The van der Waals surface area contributed by atoms with Gasteiger partial charge in [0.15, 0.2) is 0 Å². The molecule has 15 heavy (non-hydrogen) atoms. The van der Waals surface area contributed by atoms with E-state index in [1.54, 1.807) is 0 Å². The summed E-state index contributed by atoms with van der Waals surface area (Å²) in [6.45, 7) is 6.48. The first-order chi connectivity index (χ1) is 7.27. The number of nitrogens with two attached hydrogens (primary N) is 1.